The highest BCUT2D eigenvalue weighted by molar-refractivity contribution is 7.88. The molecule has 10 nitrogen and oxygen atoms in total. The summed E-state index contributed by atoms with van der Waals surface area (Å²) in [5, 5.41) is 3.48. The van der Waals surface area contributed by atoms with E-state index in [1.165, 1.54) is 41.7 Å². The number of anilines is 1. The van der Waals surface area contributed by atoms with Crippen LogP contribution in [0.3, 0.4) is 0 Å². The molecule has 11 heteroatoms. The highest BCUT2D eigenvalue weighted by atomic mass is 32.2. The number of likely N-dealkylation sites (tertiary alicyclic amines) is 2. The second kappa shape index (κ2) is 13.7. The molecule has 2 aromatic rings. The van der Waals surface area contributed by atoms with Crippen LogP contribution in [0, 0.1) is 5.92 Å². The van der Waals surface area contributed by atoms with Crippen molar-refractivity contribution in [3.8, 4) is 5.75 Å². The smallest absolute Gasteiger partial charge is 0.276 e. The molecule has 0 unspecified atom stereocenters. The monoisotopic (exact) mass is 600 g/mol. The van der Waals surface area contributed by atoms with Gasteiger partial charge >= 0.3 is 0 Å². The van der Waals surface area contributed by atoms with E-state index in [1.54, 1.807) is 14.2 Å². The number of ether oxygens (including phenoxy) is 1. The lowest BCUT2D eigenvalue weighted by atomic mass is 9.78. The lowest BCUT2D eigenvalue weighted by Gasteiger charge is -2.43. The zero-order chi connectivity index (χ0) is 29.7. The maximum atomic E-state index is 13.6. The third-order valence-corrected chi connectivity index (χ3v) is 11.0. The number of sulfonamides is 1. The van der Waals surface area contributed by atoms with Crippen molar-refractivity contribution in [3.05, 3.63) is 47.9 Å². The molecule has 3 aliphatic rings. The molecular formula is C31H48N6O4S. The summed E-state index contributed by atoms with van der Waals surface area (Å²) in [6.45, 7) is 3.86. The van der Waals surface area contributed by atoms with E-state index < -0.39 is 10.0 Å². The summed E-state index contributed by atoms with van der Waals surface area (Å²) in [7, 11) is 0.0792. The van der Waals surface area contributed by atoms with E-state index in [-0.39, 0.29) is 13.4 Å². The Morgan fingerprint density at radius 1 is 1.05 bits per heavy atom. The molecule has 1 aliphatic carbocycles. The fourth-order valence-corrected chi connectivity index (χ4v) is 7.81. The molecule has 3 heterocycles. The van der Waals surface area contributed by atoms with Gasteiger partial charge in [-0.1, -0.05) is 36.8 Å². The van der Waals surface area contributed by atoms with Gasteiger partial charge in [0.05, 0.1) is 13.4 Å². The molecule has 5 rings (SSSR count). The van der Waals surface area contributed by atoms with Gasteiger partial charge in [-0.15, -0.1) is 0 Å². The van der Waals surface area contributed by atoms with Gasteiger partial charge in [-0.3, -0.25) is 4.79 Å². The number of methoxy groups -OCH3 is 1. The quantitative estimate of drug-likeness (QED) is 0.459. The number of aromatic nitrogens is 2. The van der Waals surface area contributed by atoms with E-state index in [9.17, 15) is 13.2 Å². The summed E-state index contributed by atoms with van der Waals surface area (Å²) in [4.78, 5) is 26.7. The molecular weight excluding hydrogens is 552 g/mol. The predicted octanol–water partition coefficient (Wildman–Crippen LogP) is 4.08. The van der Waals surface area contributed by atoms with Gasteiger partial charge in [0.15, 0.2) is 17.3 Å². The summed E-state index contributed by atoms with van der Waals surface area (Å²) < 4.78 is 31.1. The lowest BCUT2D eigenvalue weighted by Crippen LogP contribution is -2.52. The van der Waals surface area contributed by atoms with Crippen LogP contribution in [0.4, 0.5) is 5.82 Å². The SMILES string of the molecule is COc1c(NC[C@H]2CCC[C@@H](c3ccccc3)C2)ncnc1C(=O)N1CCC(N2CCC(N(C)S(C)(=O)=O)CC2)CC1.[HH]. The molecule has 2 aliphatic heterocycles. The van der Waals surface area contributed by atoms with Crippen molar-refractivity contribution in [2.75, 3.05) is 58.5 Å². The number of piperidine rings is 2. The number of rotatable bonds is 9. The van der Waals surface area contributed by atoms with Crippen LogP contribution in [0.15, 0.2) is 36.7 Å². The minimum absolute atomic E-state index is 0. The van der Waals surface area contributed by atoms with Crippen molar-refractivity contribution < 1.29 is 19.4 Å². The number of hydrogen-bond acceptors (Lipinski definition) is 8. The van der Waals surface area contributed by atoms with E-state index in [2.05, 4.69) is 50.5 Å². The summed E-state index contributed by atoms with van der Waals surface area (Å²) in [6.07, 6.45) is 10.9. The average Bonchev–Trinajstić information content (AvgIpc) is 3.03. The average molecular weight is 601 g/mol. The van der Waals surface area contributed by atoms with Gasteiger partial charge in [-0.2, -0.15) is 0 Å². The van der Waals surface area contributed by atoms with E-state index in [0.717, 1.165) is 51.7 Å². The lowest BCUT2D eigenvalue weighted by molar-refractivity contribution is 0.0540. The summed E-state index contributed by atoms with van der Waals surface area (Å²) in [6, 6.07) is 11.2. The Kier molecular flexibility index (Phi) is 10.0. The van der Waals surface area contributed by atoms with E-state index in [1.807, 2.05) is 4.90 Å². The summed E-state index contributed by atoms with van der Waals surface area (Å²) >= 11 is 0. The first-order chi connectivity index (χ1) is 20.2. The molecule has 1 aromatic carbocycles. The van der Waals surface area contributed by atoms with Crippen LogP contribution in [0.2, 0.25) is 0 Å². The molecule has 2 saturated heterocycles. The Labute approximate surface area is 252 Å². The van der Waals surface area contributed by atoms with E-state index in [0.29, 0.717) is 48.2 Å². The van der Waals surface area contributed by atoms with Crippen molar-refractivity contribution in [1.82, 2.24) is 24.1 Å². The molecule has 1 saturated carbocycles. The van der Waals surface area contributed by atoms with Crippen LogP contribution in [0.1, 0.15) is 74.8 Å². The molecule has 1 aromatic heterocycles. The van der Waals surface area contributed by atoms with Gasteiger partial charge < -0.3 is 19.9 Å². The number of amides is 1. The minimum Gasteiger partial charge on any atom is -0.491 e. The van der Waals surface area contributed by atoms with Crippen LogP contribution in [0.25, 0.3) is 0 Å². The van der Waals surface area contributed by atoms with Gasteiger partial charge in [-0.05, 0) is 75.4 Å². The van der Waals surface area contributed by atoms with Gasteiger partial charge in [-0.25, -0.2) is 22.7 Å². The van der Waals surface area contributed by atoms with Crippen LogP contribution in [-0.4, -0.2) is 104 Å². The number of nitrogens with zero attached hydrogens (tertiary/aromatic N) is 5. The van der Waals surface area contributed by atoms with Crippen LogP contribution in [0.5, 0.6) is 5.75 Å². The van der Waals surface area contributed by atoms with E-state index >= 15 is 0 Å². The Morgan fingerprint density at radius 2 is 1.76 bits per heavy atom. The molecule has 0 radical (unpaired) electrons. The van der Waals surface area contributed by atoms with Gasteiger partial charge in [0, 0.05) is 40.2 Å². The van der Waals surface area contributed by atoms with Crippen molar-refractivity contribution in [2.24, 2.45) is 5.92 Å². The summed E-state index contributed by atoms with van der Waals surface area (Å²) in [5.74, 6) is 1.98. The minimum atomic E-state index is -3.17. The second-order valence-corrected chi connectivity index (χ2v) is 14.2. The molecule has 1 N–H and O–H groups in total. The standard InChI is InChI=1S/C31H46N6O4S.H2/c1-35(42(3,39)40)26-12-16-36(17-13-26)27-14-18-37(19-15-27)31(38)28-29(41-2)30(34-22-33-28)32-21-23-8-7-11-25(20-23)24-9-5-4-6-10-24;/h4-6,9-10,22-23,25-27H,7-8,11-21H2,1-3H3,(H,32,33,34);1H/t23-,25+;/m0./s1. The Balaban J connectivity index is 0.00000423. The highest BCUT2D eigenvalue weighted by Crippen LogP contribution is 2.37. The molecule has 3 fully saturated rings. The third kappa shape index (κ3) is 7.23. The first-order valence-corrected chi connectivity index (χ1v) is 17.2. The van der Waals surface area contributed by atoms with Crippen molar-refractivity contribution in [1.29, 1.82) is 0 Å². The number of carbonyl (C=O) groups is 1. The largest absolute Gasteiger partial charge is 0.491 e. The number of hydrogen-bond donors (Lipinski definition) is 1. The molecule has 42 heavy (non-hydrogen) atoms. The number of nitrogens with one attached hydrogen (secondary N) is 1. The highest BCUT2D eigenvalue weighted by Gasteiger charge is 2.34. The number of carbonyl (C=O) groups excluding carboxylic acids is 1. The topological polar surface area (TPSA) is 108 Å². The zero-order valence-electron chi connectivity index (χ0n) is 25.2. The molecule has 2 atom stereocenters. The fourth-order valence-electron chi connectivity index (χ4n) is 7.06. The van der Waals surface area contributed by atoms with Crippen LogP contribution < -0.4 is 10.1 Å². The van der Waals surface area contributed by atoms with Crippen molar-refractivity contribution in [3.63, 3.8) is 0 Å². The zero-order valence-corrected chi connectivity index (χ0v) is 26.1. The Hall–Kier alpha value is -2.76. The van der Waals surface area contributed by atoms with Gasteiger partial charge in [0.2, 0.25) is 10.0 Å². The normalized spacial score (nSPS) is 23.2. The Morgan fingerprint density at radius 3 is 2.43 bits per heavy atom. The first kappa shape index (κ1) is 30.7. The fraction of sp³-hybridized carbons (Fsp3) is 0.645. The van der Waals surface area contributed by atoms with Gasteiger partial charge in [0.25, 0.3) is 5.91 Å². The van der Waals surface area contributed by atoms with Crippen molar-refractivity contribution in [2.45, 2.75) is 69.4 Å². The first-order valence-electron chi connectivity index (χ1n) is 15.4. The van der Waals surface area contributed by atoms with Crippen LogP contribution >= 0.6 is 0 Å². The van der Waals surface area contributed by atoms with E-state index in [4.69, 9.17) is 4.74 Å². The van der Waals surface area contributed by atoms with Crippen molar-refractivity contribution >= 4 is 21.7 Å². The maximum absolute atomic E-state index is 13.6. The summed E-state index contributed by atoms with van der Waals surface area (Å²) in [5.41, 5.74) is 1.73. The molecule has 1 amide bonds. The number of benzene rings is 1. The van der Waals surface area contributed by atoms with Gasteiger partial charge in [0.1, 0.15) is 6.33 Å². The molecule has 232 valence electrons. The molecule has 0 bridgehead atoms. The Bertz CT molecular complexity index is 1300. The maximum Gasteiger partial charge on any atom is 0.276 e. The third-order valence-electron chi connectivity index (χ3n) is 9.63. The second-order valence-electron chi connectivity index (χ2n) is 12.2. The molecule has 0 spiro atoms. The van der Waals surface area contributed by atoms with Crippen LogP contribution in [-0.2, 0) is 10.0 Å². The predicted molar refractivity (Wildman–Crippen MR) is 166 cm³/mol.